The fraction of sp³-hybridized carbons (Fsp3) is 0.941. The molecule has 0 radical (unpaired) electrons. The summed E-state index contributed by atoms with van der Waals surface area (Å²) in [5, 5.41) is 3.41. The van der Waals surface area contributed by atoms with Gasteiger partial charge in [-0.25, -0.2) is 0 Å². The van der Waals surface area contributed by atoms with Crippen LogP contribution in [0.3, 0.4) is 0 Å². The van der Waals surface area contributed by atoms with Crippen molar-refractivity contribution in [3.05, 3.63) is 0 Å². The summed E-state index contributed by atoms with van der Waals surface area (Å²) in [6.45, 7) is 9.03. The van der Waals surface area contributed by atoms with Gasteiger partial charge in [-0.1, -0.05) is 19.8 Å². The Morgan fingerprint density at radius 1 is 1.33 bits per heavy atom. The van der Waals surface area contributed by atoms with Crippen LogP contribution >= 0.6 is 0 Å². The molecule has 0 aliphatic heterocycles. The highest BCUT2D eigenvalue weighted by atomic mass is 16.5. The van der Waals surface area contributed by atoms with Crippen LogP contribution in [-0.2, 0) is 4.74 Å². The lowest BCUT2D eigenvalue weighted by Gasteiger charge is -2.25. The van der Waals surface area contributed by atoms with Gasteiger partial charge in [-0.15, -0.1) is 0 Å². The molecule has 0 spiro atoms. The number of likely N-dealkylation sites (N-methyl/N-ethyl adjacent to an activating group) is 1. The number of hydrogen-bond acceptors (Lipinski definition) is 2. The number of ether oxygens (including phenoxy) is 1. The Balaban J connectivity index is 1.74. The van der Waals surface area contributed by atoms with Crippen LogP contribution in [0.25, 0.3) is 0 Å². The SMILES string of the molecule is CCNC(=NCC1(C)CCCC1)N(C)CCOCC1CC1. The summed E-state index contributed by atoms with van der Waals surface area (Å²) in [7, 11) is 2.11. The van der Waals surface area contributed by atoms with E-state index in [0.717, 1.165) is 44.7 Å². The van der Waals surface area contributed by atoms with Crippen molar-refractivity contribution < 1.29 is 4.74 Å². The molecule has 1 N–H and O–H groups in total. The van der Waals surface area contributed by atoms with Gasteiger partial charge in [0.25, 0.3) is 0 Å². The van der Waals surface area contributed by atoms with Crippen LogP contribution in [0.4, 0.5) is 0 Å². The molecule has 2 rings (SSSR count). The second-order valence-electron chi connectivity index (χ2n) is 7.13. The molecule has 4 heteroatoms. The van der Waals surface area contributed by atoms with Gasteiger partial charge in [-0.3, -0.25) is 4.99 Å². The average Bonchev–Trinajstić information content (AvgIpc) is 3.20. The Bertz CT molecular complexity index is 333. The summed E-state index contributed by atoms with van der Waals surface area (Å²) in [5.41, 5.74) is 0.421. The number of nitrogens with zero attached hydrogens (tertiary/aromatic N) is 2. The predicted octanol–water partition coefficient (Wildman–Crippen LogP) is 2.89. The maximum Gasteiger partial charge on any atom is 0.193 e. The van der Waals surface area contributed by atoms with E-state index in [2.05, 4.69) is 31.1 Å². The van der Waals surface area contributed by atoms with Crippen molar-refractivity contribution in [1.82, 2.24) is 10.2 Å². The third kappa shape index (κ3) is 5.85. The van der Waals surface area contributed by atoms with Gasteiger partial charge in [0, 0.05) is 33.3 Å². The van der Waals surface area contributed by atoms with Crippen molar-refractivity contribution >= 4 is 5.96 Å². The van der Waals surface area contributed by atoms with E-state index in [4.69, 9.17) is 9.73 Å². The normalized spacial score (nSPS) is 21.6. The van der Waals surface area contributed by atoms with E-state index < -0.39 is 0 Å². The van der Waals surface area contributed by atoms with Crippen LogP contribution in [0, 0.1) is 11.3 Å². The van der Waals surface area contributed by atoms with E-state index in [0.29, 0.717) is 5.41 Å². The zero-order chi connectivity index (χ0) is 15.1. The van der Waals surface area contributed by atoms with Gasteiger partial charge >= 0.3 is 0 Å². The molecule has 2 aliphatic carbocycles. The van der Waals surface area contributed by atoms with E-state index >= 15 is 0 Å². The first-order valence-corrected chi connectivity index (χ1v) is 8.70. The molecule has 0 aromatic heterocycles. The molecule has 0 atom stereocenters. The molecule has 2 aliphatic rings. The summed E-state index contributed by atoms with van der Waals surface area (Å²) >= 11 is 0. The van der Waals surface area contributed by atoms with Crippen LogP contribution in [0.2, 0.25) is 0 Å². The Kier molecular flexibility index (Phi) is 6.34. The van der Waals surface area contributed by atoms with Gasteiger partial charge in [-0.2, -0.15) is 0 Å². The molecule has 0 aromatic rings. The number of guanidine groups is 1. The van der Waals surface area contributed by atoms with Crippen molar-refractivity contribution in [3.63, 3.8) is 0 Å². The minimum absolute atomic E-state index is 0.421. The fourth-order valence-corrected chi connectivity index (χ4v) is 2.96. The van der Waals surface area contributed by atoms with Gasteiger partial charge in [0.15, 0.2) is 5.96 Å². The van der Waals surface area contributed by atoms with Crippen LogP contribution < -0.4 is 5.32 Å². The molecule has 0 bridgehead atoms. The molecule has 2 saturated carbocycles. The van der Waals surface area contributed by atoms with E-state index in [1.54, 1.807) is 0 Å². The highest BCUT2D eigenvalue weighted by Gasteiger charge is 2.28. The topological polar surface area (TPSA) is 36.9 Å². The lowest BCUT2D eigenvalue weighted by molar-refractivity contribution is 0.115. The molecule has 122 valence electrons. The van der Waals surface area contributed by atoms with Crippen LogP contribution in [0.1, 0.15) is 52.4 Å². The Hall–Kier alpha value is -0.770. The molecule has 0 heterocycles. The first-order chi connectivity index (χ1) is 10.1. The van der Waals surface area contributed by atoms with Crippen molar-refractivity contribution in [1.29, 1.82) is 0 Å². The molecule has 0 aromatic carbocycles. The van der Waals surface area contributed by atoms with Crippen LogP contribution in [0.5, 0.6) is 0 Å². The van der Waals surface area contributed by atoms with Gasteiger partial charge in [0.1, 0.15) is 0 Å². The molecular weight excluding hydrogens is 262 g/mol. The minimum atomic E-state index is 0.421. The quantitative estimate of drug-likeness (QED) is 0.425. The van der Waals surface area contributed by atoms with Crippen LogP contribution in [0.15, 0.2) is 4.99 Å². The van der Waals surface area contributed by atoms with E-state index in [1.165, 1.54) is 38.5 Å². The van der Waals surface area contributed by atoms with Crippen molar-refractivity contribution in [3.8, 4) is 0 Å². The lowest BCUT2D eigenvalue weighted by atomic mass is 9.89. The third-order valence-electron chi connectivity index (χ3n) is 4.74. The fourth-order valence-electron chi connectivity index (χ4n) is 2.96. The predicted molar refractivity (Wildman–Crippen MR) is 88.7 cm³/mol. The Morgan fingerprint density at radius 3 is 2.67 bits per heavy atom. The monoisotopic (exact) mass is 295 g/mol. The largest absolute Gasteiger partial charge is 0.379 e. The Morgan fingerprint density at radius 2 is 2.05 bits per heavy atom. The standard InChI is InChI=1S/C17H33N3O/c1-4-18-16(19-14-17(2)9-5-6-10-17)20(3)11-12-21-13-15-7-8-15/h15H,4-14H2,1-3H3,(H,18,19). The minimum Gasteiger partial charge on any atom is -0.379 e. The number of hydrogen-bond donors (Lipinski definition) is 1. The summed E-state index contributed by atoms with van der Waals surface area (Å²) in [6, 6.07) is 0. The number of aliphatic imine (C=N–C) groups is 1. The van der Waals surface area contributed by atoms with E-state index in [-0.39, 0.29) is 0 Å². The van der Waals surface area contributed by atoms with Crippen molar-refractivity contribution in [2.75, 3.05) is 39.9 Å². The summed E-state index contributed by atoms with van der Waals surface area (Å²) in [4.78, 5) is 7.07. The second kappa shape index (κ2) is 8.02. The van der Waals surface area contributed by atoms with Crippen LogP contribution in [-0.4, -0.2) is 50.8 Å². The molecule has 0 amide bonds. The lowest BCUT2D eigenvalue weighted by Crippen LogP contribution is -2.41. The zero-order valence-electron chi connectivity index (χ0n) is 14.2. The molecule has 0 saturated heterocycles. The first kappa shape index (κ1) is 16.6. The molecule has 0 unspecified atom stereocenters. The third-order valence-corrected chi connectivity index (χ3v) is 4.74. The number of nitrogens with one attached hydrogen (secondary N) is 1. The number of rotatable bonds is 8. The highest BCUT2D eigenvalue weighted by Crippen LogP contribution is 2.37. The highest BCUT2D eigenvalue weighted by molar-refractivity contribution is 5.79. The molecular formula is C17H33N3O. The first-order valence-electron chi connectivity index (χ1n) is 8.70. The summed E-state index contributed by atoms with van der Waals surface area (Å²) in [5.74, 6) is 1.88. The average molecular weight is 295 g/mol. The van der Waals surface area contributed by atoms with Crippen molar-refractivity contribution in [2.24, 2.45) is 16.3 Å². The van der Waals surface area contributed by atoms with Gasteiger partial charge in [0.2, 0.25) is 0 Å². The summed E-state index contributed by atoms with van der Waals surface area (Å²) in [6.07, 6.45) is 8.10. The molecule has 2 fully saturated rings. The molecule has 4 nitrogen and oxygen atoms in total. The maximum atomic E-state index is 5.73. The second-order valence-corrected chi connectivity index (χ2v) is 7.13. The Labute approximate surface area is 130 Å². The van der Waals surface area contributed by atoms with Gasteiger partial charge in [-0.05, 0) is 43.9 Å². The van der Waals surface area contributed by atoms with Crippen molar-refractivity contribution in [2.45, 2.75) is 52.4 Å². The smallest absolute Gasteiger partial charge is 0.193 e. The van der Waals surface area contributed by atoms with E-state index in [1.807, 2.05) is 0 Å². The van der Waals surface area contributed by atoms with Gasteiger partial charge < -0.3 is 15.0 Å². The van der Waals surface area contributed by atoms with Gasteiger partial charge in [0.05, 0.1) is 6.61 Å². The molecule has 21 heavy (non-hydrogen) atoms. The zero-order valence-corrected chi connectivity index (χ0v) is 14.2. The summed E-state index contributed by atoms with van der Waals surface area (Å²) < 4.78 is 5.73. The van der Waals surface area contributed by atoms with E-state index in [9.17, 15) is 0 Å². The maximum absolute atomic E-state index is 5.73.